The molecule has 1 atom stereocenters. The van der Waals surface area contributed by atoms with E-state index in [1.165, 1.54) is 29.7 Å². The Morgan fingerprint density at radius 2 is 2.09 bits per heavy atom. The van der Waals surface area contributed by atoms with Gasteiger partial charge in [-0.2, -0.15) is 5.10 Å². The van der Waals surface area contributed by atoms with Crippen LogP contribution >= 0.6 is 11.3 Å². The maximum atomic E-state index is 12.9. The molecule has 2 N–H and O–H groups in total. The summed E-state index contributed by atoms with van der Waals surface area (Å²) in [6, 6.07) is 9.72. The summed E-state index contributed by atoms with van der Waals surface area (Å²) in [4.78, 5) is 13.4. The van der Waals surface area contributed by atoms with E-state index in [2.05, 4.69) is 15.5 Å². The maximum Gasteiger partial charge on any atom is 0.255 e. The van der Waals surface area contributed by atoms with Crippen LogP contribution in [0.3, 0.4) is 0 Å². The summed E-state index contributed by atoms with van der Waals surface area (Å²) in [7, 11) is 0. The number of hydrogen-bond acceptors (Lipinski definition) is 3. The van der Waals surface area contributed by atoms with Crippen molar-refractivity contribution in [2.75, 3.05) is 0 Å². The largest absolute Gasteiger partial charge is 0.345 e. The first kappa shape index (κ1) is 14.5. The smallest absolute Gasteiger partial charge is 0.255 e. The zero-order valence-electron chi connectivity index (χ0n) is 11.8. The van der Waals surface area contributed by atoms with Crippen LogP contribution in [0, 0.1) is 5.82 Å². The summed E-state index contributed by atoms with van der Waals surface area (Å²) in [6.07, 6.45) is 1.52. The van der Waals surface area contributed by atoms with E-state index in [1.807, 2.05) is 24.4 Å². The summed E-state index contributed by atoms with van der Waals surface area (Å²) in [6.45, 7) is 1.86. The molecule has 0 unspecified atom stereocenters. The van der Waals surface area contributed by atoms with Gasteiger partial charge in [-0.1, -0.05) is 18.2 Å². The molecule has 2 heterocycles. The SMILES string of the molecule is C[C@@H](NC(=O)c1cn[nH]c1-c1cccs1)c1ccc(F)cc1. The minimum atomic E-state index is -0.294. The first-order valence-corrected chi connectivity index (χ1v) is 7.66. The maximum absolute atomic E-state index is 12.9. The van der Waals surface area contributed by atoms with E-state index in [-0.39, 0.29) is 17.8 Å². The van der Waals surface area contributed by atoms with E-state index in [9.17, 15) is 9.18 Å². The zero-order chi connectivity index (χ0) is 15.5. The fourth-order valence-corrected chi connectivity index (χ4v) is 2.91. The molecule has 1 aromatic carbocycles. The second-order valence-electron chi connectivity index (χ2n) is 4.88. The van der Waals surface area contributed by atoms with Crippen molar-refractivity contribution in [3.8, 4) is 10.6 Å². The van der Waals surface area contributed by atoms with Crippen LogP contribution in [0.5, 0.6) is 0 Å². The van der Waals surface area contributed by atoms with E-state index in [0.29, 0.717) is 11.3 Å². The van der Waals surface area contributed by atoms with Gasteiger partial charge in [0.15, 0.2) is 0 Å². The van der Waals surface area contributed by atoms with Gasteiger partial charge in [-0.25, -0.2) is 4.39 Å². The molecule has 112 valence electrons. The summed E-state index contributed by atoms with van der Waals surface area (Å²) < 4.78 is 12.9. The van der Waals surface area contributed by atoms with Gasteiger partial charge in [0.2, 0.25) is 0 Å². The number of aromatic nitrogens is 2. The molecule has 0 spiro atoms. The molecule has 0 aliphatic rings. The van der Waals surface area contributed by atoms with E-state index >= 15 is 0 Å². The van der Waals surface area contributed by atoms with Crippen molar-refractivity contribution in [2.45, 2.75) is 13.0 Å². The minimum Gasteiger partial charge on any atom is -0.345 e. The molecule has 6 heteroatoms. The van der Waals surface area contributed by atoms with Gasteiger partial charge in [0.05, 0.1) is 28.4 Å². The second kappa shape index (κ2) is 6.11. The number of thiophene rings is 1. The van der Waals surface area contributed by atoms with Crippen molar-refractivity contribution in [1.29, 1.82) is 0 Å². The first-order valence-electron chi connectivity index (χ1n) is 6.78. The number of amides is 1. The summed E-state index contributed by atoms with van der Waals surface area (Å²) >= 11 is 1.54. The zero-order valence-corrected chi connectivity index (χ0v) is 12.7. The first-order chi connectivity index (χ1) is 10.6. The minimum absolute atomic E-state index is 0.214. The van der Waals surface area contributed by atoms with E-state index in [1.54, 1.807) is 12.1 Å². The highest BCUT2D eigenvalue weighted by molar-refractivity contribution is 7.13. The van der Waals surface area contributed by atoms with Gasteiger partial charge in [0, 0.05) is 0 Å². The lowest BCUT2D eigenvalue weighted by Gasteiger charge is -2.14. The van der Waals surface area contributed by atoms with Gasteiger partial charge in [-0.15, -0.1) is 11.3 Å². The third kappa shape index (κ3) is 2.92. The Balaban J connectivity index is 1.78. The third-order valence-corrected chi connectivity index (χ3v) is 4.26. The molecular formula is C16H14FN3OS. The molecule has 3 rings (SSSR count). The van der Waals surface area contributed by atoms with Crippen LogP contribution in [0.1, 0.15) is 28.9 Å². The molecule has 0 aliphatic heterocycles. The molecule has 0 radical (unpaired) electrons. The predicted molar refractivity (Wildman–Crippen MR) is 84.2 cm³/mol. The van der Waals surface area contributed by atoms with Crippen molar-refractivity contribution < 1.29 is 9.18 Å². The van der Waals surface area contributed by atoms with Crippen molar-refractivity contribution in [3.05, 3.63) is 64.9 Å². The molecule has 4 nitrogen and oxygen atoms in total. The molecule has 0 aliphatic carbocycles. The van der Waals surface area contributed by atoms with Crippen molar-refractivity contribution >= 4 is 17.2 Å². The number of aromatic amines is 1. The second-order valence-corrected chi connectivity index (χ2v) is 5.83. The number of carbonyl (C=O) groups is 1. The van der Waals surface area contributed by atoms with Crippen LogP contribution in [0.2, 0.25) is 0 Å². The number of hydrogen-bond donors (Lipinski definition) is 2. The number of nitrogens with zero attached hydrogens (tertiary/aromatic N) is 1. The highest BCUT2D eigenvalue weighted by Crippen LogP contribution is 2.26. The van der Waals surface area contributed by atoms with Gasteiger partial charge in [-0.05, 0) is 36.1 Å². The van der Waals surface area contributed by atoms with E-state index in [4.69, 9.17) is 0 Å². The number of halogens is 1. The Morgan fingerprint density at radius 3 is 2.77 bits per heavy atom. The molecule has 22 heavy (non-hydrogen) atoms. The predicted octanol–water partition coefficient (Wildman–Crippen LogP) is 3.77. The summed E-state index contributed by atoms with van der Waals surface area (Å²) in [5, 5.41) is 11.7. The van der Waals surface area contributed by atoms with Gasteiger partial charge in [-0.3, -0.25) is 9.89 Å². The fourth-order valence-electron chi connectivity index (χ4n) is 2.18. The topological polar surface area (TPSA) is 57.8 Å². The van der Waals surface area contributed by atoms with Crippen molar-refractivity contribution in [2.24, 2.45) is 0 Å². The summed E-state index contributed by atoms with van der Waals surface area (Å²) in [5.74, 6) is -0.508. The number of nitrogens with one attached hydrogen (secondary N) is 2. The number of carbonyl (C=O) groups excluding carboxylic acids is 1. The van der Waals surface area contributed by atoms with Crippen LogP contribution < -0.4 is 5.32 Å². The normalized spacial score (nSPS) is 12.1. The van der Waals surface area contributed by atoms with Crippen LogP contribution in [-0.4, -0.2) is 16.1 Å². The molecule has 3 aromatic rings. The van der Waals surface area contributed by atoms with Crippen LogP contribution in [0.25, 0.3) is 10.6 Å². The molecule has 0 bridgehead atoms. The van der Waals surface area contributed by atoms with Crippen molar-refractivity contribution in [3.63, 3.8) is 0 Å². The lowest BCUT2D eigenvalue weighted by molar-refractivity contribution is 0.0940. The Bertz CT molecular complexity index is 765. The number of H-pyrrole nitrogens is 1. The molecule has 0 saturated carbocycles. The third-order valence-electron chi connectivity index (χ3n) is 3.37. The van der Waals surface area contributed by atoms with E-state index < -0.39 is 0 Å². The highest BCUT2D eigenvalue weighted by atomic mass is 32.1. The van der Waals surface area contributed by atoms with E-state index in [0.717, 1.165) is 10.4 Å². The average molecular weight is 315 g/mol. The quantitative estimate of drug-likeness (QED) is 0.770. The molecule has 2 aromatic heterocycles. The lowest BCUT2D eigenvalue weighted by Crippen LogP contribution is -2.26. The van der Waals surface area contributed by atoms with Gasteiger partial charge in [0.25, 0.3) is 5.91 Å². The van der Waals surface area contributed by atoms with Crippen molar-refractivity contribution in [1.82, 2.24) is 15.5 Å². The average Bonchev–Trinajstić information content (AvgIpc) is 3.18. The van der Waals surface area contributed by atoms with Crippen LogP contribution in [0.15, 0.2) is 48.0 Å². The molecule has 0 saturated heterocycles. The molecule has 1 amide bonds. The van der Waals surface area contributed by atoms with Gasteiger partial charge in [0.1, 0.15) is 5.82 Å². The monoisotopic (exact) mass is 315 g/mol. The summed E-state index contributed by atoms with van der Waals surface area (Å²) in [5.41, 5.74) is 2.05. The van der Waals surface area contributed by atoms with Crippen LogP contribution in [-0.2, 0) is 0 Å². The van der Waals surface area contributed by atoms with Gasteiger partial charge >= 0.3 is 0 Å². The molecular weight excluding hydrogens is 301 g/mol. The Hall–Kier alpha value is -2.47. The Labute approximate surface area is 131 Å². The fraction of sp³-hybridized carbons (Fsp3) is 0.125. The lowest BCUT2D eigenvalue weighted by atomic mass is 10.1. The number of rotatable bonds is 4. The van der Waals surface area contributed by atoms with Gasteiger partial charge < -0.3 is 5.32 Å². The molecule has 0 fully saturated rings. The highest BCUT2D eigenvalue weighted by Gasteiger charge is 2.18. The standard InChI is InChI=1S/C16H14FN3OS/c1-10(11-4-6-12(17)7-5-11)19-16(21)13-9-18-20-15(13)14-3-2-8-22-14/h2-10H,1H3,(H,18,20)(H,19,21)/t10-/m1/s1. The Morgan fingerprint density at radius 1 is 1.32 bits per heavy atom. The Kier molecular flexibility index (Phi) is 4.02. The number of benzene rings is 1. The van der Waals surface area contributed by atoms with Crippen LogP contribution in [0.4, 0.5) is 4.39 Å².